The van der Waals surface area contributed by atoms with Gasteiger partial charge in [-0.05, 0) is 48.7 Å². The van der Waals surface area contributed by atoms with E-state index in [1.807, 2.05) is 4.90 Å². The second kappa shape index (κ2) is 9.78. The third-order valence-corrected chi connectivity index (χ3v) is 6.74. The number of amides is 1. The second-order valence-corrected chi connectivity index (χ2v) is 9.34. The lowest BCUT2D eigenvalue weighted by molar-refractivity contribution is -0.143. The fraction of sp³-hybridized carbons (Fsp3) is 0.300. The van der Waals surface area contributed by atoms with E-state index in [-0.39, 0.29) is 27.5 Å². The van der Waals surface area contributed by atoms with E-state index in [1.165, 1.54) is 18.2 Å². The number of sulfonamides is 1. The predicted molar refractivity (Wildman–Crippen MR) is 113 cm³/mol. The smallest absolute Gasteiger partial charge is 0.321 e. The lowest BCUT2D eigenvalue weighted by Gasteiger charge is -2.15. The minimum atomic E-state index is -3.94. The van der Waals surface area contributed by atoms with Gasteiger partial charge in [-0.2, -0.15) is 4.72 Å². The summed E-state index contributed by atoms with van der Waals surface area (Å²) in [5.74, 6) is -0.747. The molecule has 2 aromatic carbocycles. The van der Waals surface area contributed by atoms with Crippen molar-refractivity contribution in [2.24, 2.45) is 0 Å². The summed E-state index contributed by atoms with van der Waals surface area (Å²) in [6.07, 6.45) is 2.04. The number of carbonyl (C=O) groups excluding carboxylic acids is 2. The molecule has 1 heterocycles. The molecule has 0 aliphatic carbocycles. The Bertz CT molecular complexity index is 1040. The van der Waals surface area contributed by atoms with Crippen molar-refractivity contribution < 1.29 is 22.7 Å². The van der Waals surface area contributed by atoms with Gasteiger partial charge >= 0.3 is 5.97 Å². The number of rotatable bonds is 7. The normalized spacial score (nSPS) is 14.0. The Morgan fingerprint density at radius 1 is 1.00 bits per heavy atom. The van der Waals surface area contributed by atoms with Crippen molar-refractivity contribution in [1.29, 1.82) is 0 Å². The van der Waals surface area contributed by atoms with Crippen LogP contribution in [0.15, 0.2) is 47.4 Å². The number of esters is 1. The molecule has 10 heteroatoms. The van der Waals surface area contributed by atoms with Crippen molar-refractivity contribution in [3.63, 3.8) is 0 Å². The van der Waals surface area contributed by atoms with Gasteiger partial charge in [0.15, 0.2) is 0 Å². The van der Waals surface area contributed by atoms with Crippen molar-refractivity contribution in [2.75, 3.05) is 19.6 Å². The number of hydrogen-bond acceptors (Lipinski definition) is 5. The Morgan fingerprint density at radius 3 is 2.30 bits per heavy atom. The monoisotopic (exact) mass is 470 g/mol. The maximum Gasteiger partial charge on any atom is 0.321 e. The first-order valence-electron chi connectivity index (χ1n) is 9.25. The molecule has 30 heavy (non-hydrogen) atoms. The Labute approximate surface area is 185 Å². The average Bonchev–Trinajstić information content (AvgIpc) is 3.27. The Morgan fingerprint density at radius 2 is 1.67 bits per heavy atom. The number of hydrogen-bond donors (Lipinski definition) is 1. The molecule has 0 spiro atoms. The Hall–Kier alpha value is -2.13. The Kier molecular flexibility index (Phi) is 7.36. The van der Waals surface area contributed by atoms with Gasteiger partial charge in [0.05, 0.1) is 14.9 Å². The van der Waals surface area contributed by atoms with E-state index in [0.29, 0.717) is 11.1 Å². The topological polar surface area (TPSA) is 92.8 Å². The number of nitrogens with zero attached hydrogens (tertiary/aromatic N) is 1. The SMILES string of the molecule is O=C(CNS(=O)(=O)c1ccc(Cl)c(Cl)c1)OCc1ccc(C(=O)N2CCCC2)cc1. The molecule has 0 aromatic heterocycles. The number of benzene rings is 2. The van der Waals surface area contributed by atoms with Crippen LogP contribution in [0.3, 0.4) is 0 Å². The molecule has 0 radical (unpaired) electrons. The highest BCUT2D eigenvalue weighted by Crippen LogP contribution is 2.24. The first-order chi connectivity index (χ1) is 14.3. The lowest BCUT2D eigenvalue weighted by atomic mass is 10.1. The van der Waals surface area contributed by atoms with Crippen LogP contribution in [0.5, 0.6) is 0 Å². The summed E-state index contributed by atoms with van der Waals surface area (Å²) in [6.45, 7) is 0.978. The number of likely N-dealkylation sites (tertiary alicyclic amines) is 1. The highest BCUT2D eigenvalue weighted by atomic mass is 35.5. The third-order valence-electron chi connectivity index (χ3n) is 4.60. The molecule has 0 bridgehead atoms. The molecule has 1 fully saturated rings. The summed E-state index contributed by atoms with van der Waals surface area (Å²) in [5, 5.41) is 0.317. The van der Waals surface area contributed by atoms with Crippen LogP contribution in [0, 0.1) is 0 Å². The van der Waals surface area contributed by atoms with E-state index in [2.05, 4.69) is 4.72 Å². The molecular formula is C20H20Cl2N2O5S. The van der Waals surface area contributed by atoms with Crippen LogP contribution in [-0.2, 0) is 26.2 Å². The van der Waals surface area contributed by atoms with E-state index in [4.69, 9.17) is 27.9 Å². The average molecular weight is 471 g/mol. The fourth-order valence-corrected chi connectivity index (χ4v) is 4.30. The first-order valence-corrected chi connectivity index (χ1v) is 11.5. The molecular weight excluding hydrogens is 451 g/mol. The predicted octanol–water partition coefficient (Wildman–Crippen LogP) is 3.25. The van der Waals surface area contributed by atoms with Gasteiger partial charge in [0, 0.05) is 18.7 Å². The summed E-state index contributed by atoms with van der Waals surface area (Å²) in [5.41, 5.74) is 1.27. The van der Waals surface area contributed by atoms with Crippen molar-refractivity contribution >= 4 is 45.1 Å². The van der Waals surface area contributed by atoms with Gasteiger partial charge < -0.3 is 9.64 Å². The molecule has 1 N–H and O–H groups in total. The maximum atomic E-state index is 12.3. The highest BCUT2D eigenvalue weighted by Gasteiger charge is 2.20. The fourth-order valence-electron chi connectivity index (χ4n) is 2.94. The van der Waals surface area contributed by atoms with Gasteiger partial charge in [-0.25, -0.2) is 8.42 Å². The van der Waals surface area contributed by atoms with Crippen molar-refractivity contribution in [1.82, 2.24) is 9.62 Å². The zero-order valence-corrected chi connectivity index (χ0v) is 18.3. The van der Waals surface area contributed by atoms with E-state index < -0.39 is 22.5 Å². The molecule has 3 rings (SSSR count). The van der Waals surface area contributed by atoms with Gasteiger partial charge in [0.1, 0.15) is 13.2 Å². The summed E-state index contributed by atoms with van der Waals surface area (Å²) >= 11 is 11.6. The van der Waals surface area contributed by atoms with Gasteiger partial charge in [-0.1, -0.05) is 35.3 Å². The minimum absolute atomic E-state index is 0.00671. The molecule has 1 aliphatic heterocycles. The number of nitrogens with one attached hydrogen (secondary N) is 1. The zero-order chi connectivity index (χ0) is 21.7. The number of carbonyl (C=O) groups is 2. The third kappa shape index (κ3) is 5.72. The summed E-state index contributed by atoms with van der Waals surface area (Å²) < 4.78 is 31.7. The van der Waals surface area contributed by atoms with Gasteiger partial charge in [0.25, 0.3) is 5.91 Å². The van der Waals surface area contributed by atoms with Crippen LogP contribution in [0.2, 0.25) is 10.0 Å². The minimum Gasteiger partial charge on any atom is -0.460 e. The van der Waals surface area contributed by atoms with Gasteiger partial charge in [-0.15, -0.1) is 0 Å². The molecule has 7 nitrogen and oxygen atoms in total. The molecule has 160 valence electrons. The Balaban J connectivity index is 1.49. The summed E-state index contributed by atoms with van der Waals surface area (Å²) in [6, 6.07) is 10.6. The molecule has 1 saturated heterocycles. The van der Waals surface area contributed by atoms with E-state index >= 15 is 0 Å². The molecule has 0 saturated carbocycles. The van der Waals surface area contributed by atoms with Crippen LogP contribution >= 0.6 is 23.2 Å². The molecule has 2 aromatic rings. The van der Waals surface area contributed by atoms with Crippen LogP contribution in [0.1, 0.15) is 28.8 Å². The molecule has 1 amide bonds. The quantitative estimate of drug-likeness (QED) is 0.626. The second-order valence-electron chi connectivity index (χ2n) is 6.76. The van der Waals surface area contributed by atoms with Crippen LogP contribution in [0.4, 0.5) is 0 Å². The highest BCUT2D eigenvalue weighted by molar-refractivity contribution is 7.89. The summed E-state index contributed by atoms with van der Waals surface area (Å²) in [7, 11) is -3.94. The van der Waals surface area contributed by atoms with Crippen LogP contribution < -0.4 is 4.72 Å². The van der Waals surface area contributed by atoms with Gasteiger partial charge in [-0.3, -0.25) is 9.59 Å². The summed E-state index contributed by atoms with van der Waals surface area (Å²) in [4.78, 5) is 25.9. The lowest BCUT2D eigenvalue weighted by Crippen LogP contribution is -2.30. The number of halogens is 2. The zero-order valence-electron chi connectivity index (χ0n) is 15.9. The van der Waals surface area contributed by atoms with E-state index in [0.717, 1.165) is 25.9 Å². The first kappa shape index (κ1) is 22.6. The molecule has 1 aliphatic rings. The van der Waals surface area contributed by atoms with Gasteiger partial charge in [0.2, 0.25) is 10.0 Å². The molecule has 0 atom stereocenters. The van der Waals surface area contributed by atoms with Crippen LogP contribution in [0.25, 0.3) is 0 Å². The van der Waals surface area contributed by atoms with Crippen molar-refractivity contribution in [3.8, 4) is 0 Å². The molecule has 0 unspecified atom stereocenters. The largest absolute Gasteiger partial charge is 0.460 e. The standard InChI is InChI=1S/C20H20Cl2N2O5S/c21-17-8-7-16(11-18(17)22)30(27,28)23-12-19(25)29-13-14-3-5-15(6-4-14)20(26)24-9-1-2-10-24/h3-8,11,23H,1-2,9-10,12-13H2. The van der Waals surface area contributed by atoms with Crippen molar-refractivity contribution in [2.45, 2.75) is 24.3 Å². The van der Waals surface area contributed by atoms with Crippen LogP contribution in [-0.4, -0.2) is 44.8 Å². The van der Waals surface area contributed by atoms with Crippen molar-refractivity contribution in [3.05, 3.63) is 63.6 Å². The van der Waals surface area contributed by atoms with E-state index in [9.17, 15) is 18.0 Å². The maximum absolute atomic E-state index is 12.3. The van der Waals surface area contributed by atoms with E-state index in [1.54, 1.807) is 24.3 Å². The number of ether oxygens (including phenoxy) is 1.